The molecule has 4 aliphatic carbocycles. The van der Waals surface area contributed by atoms with E-state index in [-0.39, 0.29) is 37.2 Å². The van der Waals surface area contributed by atoms with Gasteiger partial charge in [0, 0.05) is 41.1 Å². The summed E-state index contributed by atoms with van der Waals surface area (Å²) in [5.74, 6) is -5.63. The Labute approximate surface area is 215 Å². The highest BCUT2D eigenvalue weighted by molar-refractivity contribution is 6.04. The lowest BCUT2D eigenvalue weighted by Gasteiger charge is -2.60. The van der Waals surface area contributed by atoms with Crippen LogP contribution in [0.1, 0.15) is 66.7 Å². The fourth-order valence-corrected chi connectivity index (χ4v) is 8.23. The summed E-state index contributed by atoms with van der Waals surface area (Å²) in [6, 6.07) is 0. The molecule has 0 bridgehead atoms. The van der Waals surface area contributed by atoms with Gasteiger partial charge >= 0.3 is 11.9 Å². The molecular formula is C28H36F2O7. The van der Waals surface area contributed by atoms with Crippen molar-refractivity contribution in [3.63, 3.8) is 0 Å². The summed E-state index contributed by atoms with van der Waals surface area (Å²) in [5, 5.41) is 11.6. The smallest absolute Gasteiger partial charge is 0.306 e. The maximum Gasteiger partial charge on any atom is 0.306 e. The van der Waals surface area contributed by atoms with Crippen LogP contribution in [-0.4, -0.2) is 53.1 Å². The molecule has 0 spiro atoms. The first kappa shape index (κ1) is 27.6. The quantitative estimate of drug-likeness (QED) is 0.526. The van der Waals surface area contributed by atoms with Crippen LogP contribution >= 0.6 is 0 Å². The number of ether oxygens (including phenoxy) is 2. The number of Topliss-reactive ketones (excluding diaryl/α,β-unsaturated/α-hetero) is 1. The molecule has 0 aliphatic heterocycles. The molecule has 0 unspecified atom stereocenters. The van der Waals surface area contributed by atoms with Crippen molar-refractivity contribution in [2.75, 3.05) is 6.61 Å². The number of aliphatic hydroxyl groups is 1. The van der Waals surface area contributed by atoms with E-state index in [0.29, 0.717) is 6.42 Å². The first-order valence-corrected chi connectivity index (χ1v) is 13.1. The van der Waals surface area contributed by atoms with Crippen molar-refractivity contribution < 1.29 is 42.5 Å². The standard InChI is InChI=1S/C28H36F2O7/c1-6-21(34)36-13-20(33)28(37-22(35)7-2)14(3)10-16-15-11-17(29)24-25(30)18(31)8-9-26(24,4)23(15)19(32)12-27(16,28)5/h8-9,14-17,19,23,32H,6-7,10-13H2,1-5H3/t14-,15+,16+,17+,19+,23-,26-,27+,28-/m1/s1. The molecule has 3 saturated carbocycles. The van der Waals surface area contributed by atoms with E-state index in [0.717, 1.165) is 6.08 Å². The molecule has 9 atom stereocenters. The van der Waals surface area contributed by atoms with Crippen LogP contribution in [0.5, 0.6) is 0 Å². The van der Waals surface area contributed by atoms with Crippen LogP contribution in [0.3, 0.4) is 0 Å². The Kier molecular flexibility index (Phi) is 7.01. The van der Waals surface area contributed by atoms with Gasteiger partial charge in [-0.15, -0.1) is 0 Å². The highest BCUT2D eigenvalue weighted by Gasteiger charge is 2.73. The molecule has 204 valence electrons. The Bertz CT molecular complexity index is 1080. The normalized spacial score (nSPS) is 42.5. The molecule has 0 heterocycles. The zero-order valence-corrected chi connectivity index (χ0v) is 22.0. The Hall–Kier alpha value is -2.42. The lowest BCUT2D eigenvalue weighted by molar-refractivity contribution is -0.207. The molecule has 7 nitrogen and oxygen atoms in total. The van der Waals surface area contributed by atoms with Crippen LogP contribution in [0.4, 0.5) is 8.78 Å². The molecule has 0 saturated heterocycles. The average molecular weight is 523 g/mol. The van der Waals surface area contributed by atoms with E-state index in [1.165, 1.54) is 6.08 Å². The predicted octanol–water partition coefficient (Wildman–Crippen LogP) is 3.97. The number of hydrogen-bond acceptors (Lipinski definition) is 7. The molecule has 0 aromatic heterocycles. The van der Waals surface area contributed by atoms with Crippen LogP contribution in [0, 0.1) is 34.5 Å². The molecule has 9 heteroatoms. The predicted molar refractivity (Wildman–Crippen MR) is 128 cm³/mol. The number of esters is 2. The zero-order chi connectivity index (χ0) is 27.5. The number of carbonyl (C=O) groups is 4. The SMILES string of the molecule is CCC(=O)OCC(=O)[C@]1(OC(=O)CC)[C@H](C)C[C@H]2[C@@H]3C[C@H](F)C4=C(F)C(=O)C=C[C@]4(C)[C@H]3[C@@H](O)C[C@@]21C. The number of halogens is 2. The van der Waals surface area contributed by atoms with Crippen molar-refractivity contribution in [1.29, 1.82) is 0 Å². The van der Waals surface area contributed by atoms with Gasteiger partial charge in [-0.25, -0.2) is 8.78 Å². The number of carbonyl (C=O) groups excluding carboxylic acids is 4. The van der Waals surface area contributed by atoms with Gasteiger partial charge < -0.3 is 14.6 Å². The lowest BCUT2D eigenvalue weighted by atomic mass is 9.45. The second-order valence-electron chi connectivity index (χ2n) is 11.5. The van der Waals surface area contributed by atoms with Gasteiger partial charge in [-0.2, -0.15) is 0 Å². The number of ketones is 2. The molecular weight excluding hydrogens is 486 g/mol. The Morgan fingerprint density at radius 2 is 1.78 bits per heavy atom. The highest BCUT2D eigenvalue weighted by atomic mass is 19.1. The number of allylic oxidation sites excluding steroid dienone is 4. The zero-order valence-electron chi connectivity index (χ0n) is 22.0. The third-order valence-corrected chi connectivity index (χ3v) is 9.72. The molecule has 4 rings (SSSR count). The molecule has 0 radical (unpaired) electrons. The van der Waals surface area contributed by atoms with Crippen molar-refractivity contribution in [3.05, 3.63) is 23.6 Å². The van der Waals surface area contributed by atoms with Crippen molar-refractivity contribution >= 4 is 23.5 Å². The molecule has 3 fully saturated rings. The minimum Gasteiger partial charge on any atom is -0.457 e. The second-order valence-corrected chi connectivity index (χ2v) is 11.5. The molecule has 1 N–H and O–H groups in total. The lowest BCUT2D eigenvalue weighted by Crippen LogP contribution is -2.65. The molecule has 0 aromatic carbocycles. The third-order valence-electron chi connectivity index (χ3n) is 9.72. The number of aliphatic hydroxyl groups excluding tert-OH is 1. The number of fused-ring (bicyclic) bond motifs is 5. The monoisotopic (exact) mass is 522 g/mol. The average Bonchev–Trinajstić information content (AvgIpc) is 3.06. The highest BCUT2D eigenvalue weighted by Crippen LogP contribution is 2.69. The third kappa shape index (κ3) is 3.82. The van der Waals surface area contributed by atoms with Crippen LogP contribution < -0.4 is 0 Å². The summed E-state index contributed by atoms with van der Waals surface area (Å²) in [6.07, 6.45) is 0.184. The van der Waals surface area contributed by atoms with E-state index in [1.54, 1.807) is 34.6 Å². The van der Waals surface area contributed by atoms with Gasteiger partial charge in [0.25, 0.3) is 0 Å². The number of alkyl halides is 1. The Morgan fingerprint density at radius 1 is 1.14 bits per heavy atom. The van der Waals surface area contributed by atoms with E-state index in [4.69, 9.17) is 9.47 Å². The van der Waals surface area contributed by atoms with Gasteiger partial charge in [-0.05, 0) is 37.2 Å². The van der Waals surface area contributed by atoms with E-state index in [2.05, 4.69) is 0 Å². The number of rotatable bonds is 6. The molecule has 4 aliphatic rings. The summed E-state index contributed by atoms with van der Waals surface area (Å²) in [6.45, 7) is 7.85. The van der Waals surface area contributed by atoms with Gasteiger partial charge in [-0.3, -0.25) is 19.2 Å². The van der Waals surface area contributed by atoms with Crippen molar-refractivity contribution in [1.82, 2.24) is 0 Å². The van der Waals surface area contributed by atoms with E-state index >= 15 is 4.39 Å². The van der Waals surface area contributed by atoms with Gasteiger partial charge in [0.15, 0.2) is 18.0 Å². The van der Waals surface area contributed by atoms with E-state index in [1.807, 2.05) is 0 Å². The fourth-order valence-electron chi connectivity index (χ4n) is 8.23. The molecule has 0 amide bonds. The minimum atomic E-state index is -1.74. The first-order chi connectivity index (χ1) is 17.3. The molecule has 0 aromatic rings. The Morgan fingerprint density at radius 3 is 2.41 bits per heavy atom. The second kappa shape index (κ2) is 9.40. The van der Waals surface area contributed by atoms with Gasteiger partial charge in [0.2, 0.25) is 11.6 Å². The summed E-state index contributed by atoms with van der Waals surface area (Å²) in [7, 11) is 0. The fraction of sp³-hybridized carbons (Fsp3) is 0.714. The van der Waals surface area contributed by atoms with E-state index in [9.17, 15) is 28.7 Å². The topological polar surface area (TPSA) is 107 Å². The largest absolute Gasteiger partial charge is 0.457 e. The first-order valence-electron chi connectivity index (χ1n) is 13.1. The number of hydrogen-bond donors (Lipinski definition) is 1. The van der Waals surface area contributed by atoms with Crippen molar-refractivity contribution in [3.8, 4) is 0 Å². The summed E-state index contributed by atoms with van der Waals surface area (Å²) in [5.41, 5.74) is -4.20. The van der Waals surface area contributed by atoms with Crippen LogP contribution in [-0.2, 0) is 28.7 Å². The van der Waals surface area contributed by atoms with Gasteiger partial charge in [-0.1, -0.05) is 40.7 Å². The van der Waals surface area contributed by atoms with E-state index < -0.39 is 82.4 Å². The van der Waals surface area contributed by atoms with Crippen LogP contribution in [0.2, 0.25) is 0 Å². The molecule has 37 heavy (non-hydrogen) atoms. The van der Waals surface area contributed by atoms with Crippen LogP contribution in [0.25, 0.3) is 0 Å². The Balaban J connectivity index is 1.80. The summed E-state index contributed by atoms with van der Waals surface area (Å²) >= 11 is 0. The van der Waals surface area contributed by atoms with Crippen molar-refractivity contribution in [2.24, 2.45) is 34.5 Å². The maximum atomic E-state index is 15.7. The maximum absolute atomic E-state index is 15.7. The van der Waals surface area contributed by atoms with Crippen molar-refractivity contribution in [2.45, 2.75) is 84.6 Å². The summed E-state index contributed by atoms with van der Waals surface area (Å²) in [4.78, 5) is 50.3. The minimum absolute atomic E-state index is 0.0166. The van der Waals surface area contributed by atoms with Crippen LogP contribution in [0.15, 0.2) is 23.6 Å². The summed E-state index contributed by atoms with van der Waals surface area (Å²) < 4.78 is 41.7. The van der Waals surface area contributed by atoms with Gasteiger partial charge in [0.05, 0.1) is 6.10 Å². The van der Waals surface area contributed by atoms with Gasteiger partial charge in [0.1, 0.15) is 6.17 Å².